The molecule has 0 N–H and O–H groups in total. The monoisotopic (exact) mass is 277 g/mol. The summed E-state index contributed by atoms with van der Waals surface area (Å²) in [6, 6.07) is 0. The molecule has 0 bridgehead atoms. The largest absolute Gasteiger partial charge is 0.383 e. The van der Waals surface area contributed by atoms with Gasteiger partial charge in [-0.3, -0.25) is 0 Å². The van der Waals surface area contributed by atoms with E-state index in [-0.39, 0.29) is 5.41 Å². The number of rotatable bonds is 6. The Morgan fingerprint density at radius 1 is 1.35 bits per heavy atom. The molecule has 0 atom stereocenters. The van der Waals surface area contributed by atoms with Crippen molar-refractivity contribution in [3.05, 3.63) is 5.82 Å². The lowest BCUT2D eigenvalue weighted by Gasteiger charge is -2.19. The van der Waals surface area contributed by atoms with E-state index in [0.29, 0.717) is 12.5 Å². The summed E-state index contributed by atoms with van der Waals surface area (Å²) < 4.78 is 9.49. The molecule has 0 spiro atoms. The summed E-state index contributed by atoms with van der Waals surface area (Å²) in [6.07, 6.45) is 0. The first-order chi connectivity index (χ1) is 7.99. The van der Waals surface area contributed by atoms with Gasteiger partial charge in [0.15, 0.2) is 0 Å². The summed E-state index contributed by atoms with van der Waals surface area (Å²) in [7, 11) is 1.69. The predicted octanol–water partition coefficient (Wildman–Crippen LogP) is 2.53. The standard InChI is InChI=1S/C11H20ClN3OS/c1-11(2,3)9-13-10(17-14-9)15(6-5-12)7-8-16-4/h5-8H2,1-4H3. The lowest BCUT2D eigenvalue weighted by Crippen LogP contribution is -2.29. The molecule has 1 rings (SSSR count). The average Bonchev–Trinajstić information content (AvgIpc) is 2.72. The highest BCUT2D eigenvalue weighted by Gasteiger charge is 2.21. The molecule has 6 heteroatoms. The van der Waals surface area contributed by atoms with Crippen molar-refractivity contribution in [3.8, 4) is 0 Å². The molecule has 1 heterocycles. The molecule has 1 aromatic heterocycles. The molecule has 4 nitrogen and oxygen atoms in total. The van der Waals surface area contributed by atoms with Crippen LogP contribution in [0.5, 0.6) is 0 Å². The van der Waals surface area contributed by atoms with E-state index in [1.54, 1.807) is 7.11 Å². The van der Waals surface area contributed by atoms with Crippen LogP contribution in [0, 0.1) is 0 Å². The second-order valence-corrected chi connectivity index (χ2v) is 5.93. The molecule has 1 aromatic rings. The fourth-order valence-electron chi connectivity index (χ4n) is 1.26. The van der Waals surface area contributed by atoms with Gasteiger partial charge in [-0.25, -0.2) is 4.98 Å². The number of methoxy groups -OCH3 is 1. The van der Waals surface area contributed by atoms with Gasteiger partial charge in [0.1, 0.15) is 5.82 Å². The van der Waals surface area contributed by atoms with Crippen LogP contribution in [0.15, 0.2) is 0 Å². The average molecular weight is 278 g/mol. The number of anilines is 1. The summed E-state index contributed by atoms with van der Waals surface area (Å²) >= 11 is 7.22. The maximum atomic E-state index is 5.80. The van der Waals surface area contributed by atoms with Crippen LogP contribution in [0.3, 0.4) is 0 Å². The minimum Gasteiger partial charge on any atom is -0.383 e. The van der Waals surface area contributed by atoms with Crippen molar-refractivity contribution in [1.82, 2.24) is 9.36 Å². The van der Waals surface area contributed by atoms with Crippen molar-refractivity contribution in [1.29, 1.82) is 0 Å². The molecule has 0 saturated carbocycles. The van der Waals surface area contributed by atoms with E-state index in [9.17, 15) is 0 Å². The third-order valence-electron chi connectivity index (χ3n) is 2.28. The van der Waals surface area contributed by atoms with Gasteiger partial charge in [-0.15, -0.1) is 11.6 Å². The van der Waals surface area contributed by atoms with Crippen LogP contribution in [-0.2, 0) is 10.2 Å². The van der Waals surface area contributed by atoms with Gasteiger partial charge >= 0.3 is 0 Å². The van der Waals surface area contributed by atoms with Crippen molar-refractivity contribution < 1.29 is 4.74 Å². The van der Waals surface area contributed by atoms with Crippen LogP contribution in [0.4, 0.5) is 5.13 Å². The van der Waals surface area contributed by atoms with Gasteiger partial charge in [-0.2, -0.15) is 4.37 Å². The number of hydrogen-bond acceptors (Lipinski definition) is 5. The second kappa shape index (κ2) is 6.52. The summed E-state index contributed by atoms with van der Waals surface area (Å²) in [5, 5.41) is 0.924. The summed E-state index contributed by atoms with van der Waals surface area (Å²) in [4.78, 5) is 6.69. The number of halogens is 1. The van der Waals surface area contributed by atoms with E-state index >= 15 is 0 Å². The Morgan fingerprint density at radius 3 is 2.53 bits per heavy atom. The molecule has 17 heavy (non-hydrogen) atoms. The summed E-state index contributed by atoms with van der Waals surface area (Å²) in [6.45, 7) is 8.56. The molecule has 98 valence electrons. The van der Waals surface area contributed by atoms with Gasteiger partial charge in [0.25, 0.3) is 0 Å². The van der Waals surface area contributed by atoms with Gasteiger partial charge in [-0.1, -0.05) is 20.8 Å². The van der Waals surface area contributed by atoms with Crippen molar-refractivity contribution >= 4 is 28.3 Å². The smallest absolute Gasteiger partial charge is 0.205 e. The van der Waals surface area contributed by atoms with E-state index in [1.165, 1.54) is 11.5 Å². The Bertz CT molecular complexity index is 338. The Balaban J connectivity index is 2.76. The highest BCUT2D eigenvalue weighted by molar-refractivity contribution is 7.09. The Kier molecular flexibility index (Phi) is 5.62. The van der Waals surface area contributed by atoms with E-state index in [1.807, 2.05) is 0 Å². The van der Waals surface area contributed by atoms with E-state index in [2.05, 4.69) is 35.0 Å². The van der Waals surface area contributed by atoms with Crippen LogP contribution < -0.4 is 4.90 Å². The molecule has 0 saturated heterocycles. The van der Waals surface area contributed by atoms with Crippen molar-refractivity contribution in [2.75, 3.05) is 37.6 Å². The van der Waals surface area contributed by atoms with E-state index in [0.717, 1.165) is 24.0 Å². The lowest BCUT2D eigenvalue weighted by atomic mass is 9.96. The first kappa shape index (κ1) is 14.7. The zero-order valence-corrected chi connectivity index (χ0v) is 12.4. The predicted molar refractivity (Wildman–Crippen MR) is 73.4 cm³/mol. The molecule has 0 aliphatic rings. The molecule has 0 fully saturated rings. The first-order valence-electron chi connectivity index (χ1n) is 5.63. The second-order valence-electron chi connectivity index (χ2n) is 4.82. The number of aromatic nitrogens is 2. The number of nitrogens with zero attached hydrogens (tertiary/aromatic N) is 3. The molecule has 0 amide bonds. The minimum absolute atomic E-state index is 0.0113. The Labute approximate surface area is 112 Å². The van der Waals surface area contributed by atoms with Crippen LogP contribution >= 0.6 is 23.1 Å². The van der Waals surface area contributed by atoms with Gasteiger partial charge < -0.3 is 9.64 Å². The van der Waals surface area contributed by atoms with Crippen molar-refractivity contribution in [2.45, 2.75) is 26.2 Å². The van der Waals surface area contributed by atoms with Crippen LogP contribution in [0.25, 0.3) is 0 Å². The van der Waals surface area contributed by atoms with Crippen LogP contribution in [0.1, 0.15) is 26.6 Å². The highest BCUT2D eigenvalue weighted by Crippen LogP contribution is 2.25. The topological polar surface area (TPSA) is 38.2 Å². The fraction of sp³-hybridized carbons (Fsp3) is 0.818. The van der Waals surface area contributed by atoms with Gasteiger partial charge in [0.2, 0.25) is 5.13 Å². The SMILES string of the molecule is COCCN(CCCl)c1nc(C(C)(C)C)ns1. The highest BCUT2D eigenvalue weighted by atomic mass is 35.5. The van der Waals surface area contributed by atoms with Gasteiger partial charge in [0.05, 0.1) is 6.61 Å². The molecule has 0 unspecified atom stereocenters. The molecular formula is C11H20ClN3OS. The number of alkyl halides is 1. The maximum Gasteiger partial charge on any atom is 0.205 e. The minimum atomic E-state index is -0.0113. The normalized spacial score (nSPS) is 11.8. The zero-order valence-electron chi connectivity index (χ0n) is 10.9. The van der Waals surface area contributed by atoms with Crippen molar-refractivity contribution in [3.63, 3.8) is 0 Å². The Hall–Kier alpha value is -0.390. The lowest BCUT2D eigenvalue weighted by molar-refractivity contribution is 0.205. The number of ether oxygens (including phenoxy) is 1. The number of hydrogen-bond donors (Lipinski definition) is 0. The first-order valence-corrected chi connectivity index (χ1v) is 6.94. The quantitative estimate of drug-likeness (QED) is 0.749. The third-order valence-corrected chi connectivity index (χ3v) is 3.22. The maximum absolute atomic E-state index is 5.80. The molecular weight excluding hydrogens is 258 g/mol. The van der Waals surface area contributed by atoms with E-state index < -0.39 is 0 Å². The van der Waals surface area contributed by atoms with Gasteiger partial charge in [0, 0.05) is 43.0 Å². The molecule has 0 aliphatic carbocycles. The summed E-state index contributed by atoms with van der Waals surface area (Å²) in [5.74, 6) is 1.46. The van der Waals surface area contributed by atoms with E-state index in [4.69, 9.17) is 16.3 Å². The van der Waals surface area contributed by atoms with Crippen LogP contribution in [-0.4, -0.2) is 42.0 Å². The zero-order chi connectivity index (χ0) is 12.9. The fourth-order valence-corrected chi connectivity index (χ4v) is 2.37. The molecule has 0 radical (unpaired) electrons. The molecule has 0 aromatic carbocycles. The third kappa shape index (κ3) is 4.41. The Morgan fingerprint density at radius 2 is 2.06 bits per heavy atom. The van der Waals surface area contributed by atoms with Gasteiger partial charge in [-0.05, 0) is 0 Å². The summed E-state index contributed by atoms with van der Waals surface area (Å²) in [5.41, 5.74) is -0.0113. The van der Waals surface area contributed by atoms with Crippen LogP contribution in [0.2, 0.25) is 0 Å². The van der Waals surface area contributed by atoms with Crippen molar-refractivity contribution in [2.24, 2.45) is 0 Å². The molecule has 0 aliphatic heterocycles.